The van der Waals surface area contributed by atoms with Crippen molar-refractivity contribution >= 4 is 39.4 Å². The van der Waals surface area contributed by atoms with Crippen LogP contribution in [0.2, 0.25) is 5.02 Å². The first-order chi connectivity index (χ1) is 16.4. The second-order valence-corrected chi connectivity index (χ2v) is 9.24. The van der Waals surface area contributed by atoms with Gasteiger partial charge < -0.3 is 23.7 Å². The maximum atomic E-state index is 13.1. The molecule has 174 valence electrons. The molecule has 8 heteroatoms. The fourth-order valence-corrected chi connectivity index (χ4v) is 4.69. The van der Waals surface area contributed by atoms with Crippen molar-refractivity contribution in [2.45, 2.75) is 20.1 Å². The van der Waals surface area contributed by atoms with E-state index in [1.54, 1.807) is 19.3 Å². The highest BCUT2D eigenvalue weighted by molar-refractivity contribution is 9.10. The summed E-state index contributed by atoms with van der Waals surface area (Å²) in [6.45, 7) is 2.73. The van der Waals surface area contributed by atoms with E-state index in [4.69, 9.17) is 35.3 Å². The number of aryl methyl sites for hydroxylation is 1. The molecule has 0 bridgehead atoms. The van der Waals surface area contributed by atoms with Crippen molar-refractivity contribution < 1.29 is 28.5 Å². The standard InChI is InChI=1S/C26H20BrClO6/c1-14-5-20(32-12-17-8-19(28)7-16-11-31-13-33-26(16)17)10-22-24(14)25(29)23(34-22)9-15-6-18(27)3-4-21(15)30-2/h3-10H,11-13H2,1-2H3/b23-9-. The van der Waals surface area contributed by atoms with E-state index in [0.29, 0.717) is 34.4 Å². The molecule has 0 saturated heterocycles. The highest BCUT2D eigenvalue weighted by Crippen LogP contribution is 2.39. The van der Waals surface area contributed by atoms with Crippen LogP contribution in [0, 0.1) is 6.92 Å². The van der Waals surface area contributed by atoms with Crippen LogP contribution in [0.5, 0.6) is 23.0 Å². The Bertz CT molecular complexity index is 1330. The van der Waals surface area contributed by atoms with Gasteiger partial charge in [-0.05, 0) is 55.0 Å². The number of fused-ring (bicyclic) bond motifs is 2. The fraction of sp³-hybridized carbons (Fsp3) is 0.192. The third-order valence-corrected chi connectivity index (χ3v) is 6.28. The molecule has 0 aromatic heterocycles. The molecule has 0 saturated carbocycles. The van der Waals surface area contributed by atoms with E-state index in [2.05, 4.69) is 15.9 Å². The highest BCUT2D eigenvalue weighted by Gasteiger charge is 2.30. The van der Waals surface area contributed by atoms with Crippen LogP contribution in [-0.2, 0) is 18.0 Å². The Balaban J connectivity index is 1.40. The molecule has 34 heavy (non-hydrogen) atoms. The Hall–Kier alpha value is -3.00. The summed E-state index contributed by atoms with van der Waals surface area (Å²) in [4.78, 5) is 13.1. The van der Waals surface area contributed by atoms with Crippen LogP contribution >= 0.6 is 27.5 Å². The maximum absolute atomic E-state index is 13.1. The Morgan fingerprint density at radius 1 is 1.18 bits per heavy atom. The summed E-state index contributed by atoms with van der Waals surface area (Å²) in [5, 5.41) is 0.586. The molecule has 5 rings (SSSR count). The molecule has 0 aliphatic carbocycles. The first-order valence-electron chi connectivity index (χ1n) is 10.5. The van der Waals surface area contributed by atoms with E-state index < -0.39 is 0 Å². The van der Waals surface area contributed by atoms with Crippen LogP contribution in [0.1, 0.15) is 32.6 Å². The number of halogens is 2. The molecule has 6 nitrogen and oxygen atoms in total. The van der Waals surface area contributed by atoms with Crippen molar-refractivity contribution in [3.05, 3.63) is 85.5 Å². The molecule has 2 aliphatic rings. The van der Waals surface area contributed by atoms with Gasteiger partial charge in [-0.1, -0.05) is 27.5 Å². The van der Waals surface area contributed by atoms with Gasteiger partial charge in [0.15, 0.2) is 12.6 Å². The summed E-state index contributed by atoms with van der Waals surface area (Å²) in [5.74, 6) is 2.45. The Morgan fingerprint density at radius 3 is 2.85 bits per heavy atom. The third-order valence-electron chi connectivity index (χ3n) is 5.57. The molecule has 0 radical (unpaired) electrons. The van der Waals surface area contributed by atoms with Gasteiger partial charge in [-0.25, -0.2) is 0 Å². The maximum Gasteiger partial charge on any atom is 0.232 e. The van der Waals surface area contributed by atoms with E-state index in [-0.39, 0.29) is 24.9 Å². The lowest BCUT2D eigenvalue weighted by Gasteiger charge is -2.21. The minimum atomic E-state index is -0.182. The van der Waals surface area contributed by atoms with Crippen molar-refractivity contribution in [2.24, 2.45) is 0 Å². The van der Waals surface area contributed by atoms with Gasteiger partial charge in [-0.3, -0.25) is 4.79 Å². The molecule has 2 aliphatic heterocycles. The van der Waals surface area contributed by atoms with Crippen LogP contribution in [0.25, 0.3) is 6.08 Å². The summed E-state index contributed by atoms with van der Waals surface area (Å²) >= 11 is 9.71. The lowest BCUT2D eigenvalue weighted by molar-refractivity contribution is -0.0175. The number of hydrogen-bond acceptors (Lipinski definition) is 6. The number of Topliss-reactive ketones (excluding diaryl/α,β-unsaturated/α-hetero) is 1. The number of hydrogen-bond donors (Lipinski definition) is 0. The molecule has 0 N–H and O–H groups in total. The van der Waals surface area contributed by atoms with Crippen molar-refractivity contribution in [1.29, 1.82) is 0 Å². The molecule has 0 spiro atoms. The van der Waals surface area contributed by atoms with Gasteiger partial charge in [-0.15, -0.1) is 0 Å². The molecule has 0 fully saturated rings. The monoisotopic (exact) mass is 542 g/mol. The predicted molar refractivity (Wildman–Crippen MR) is 131 cm³/mol. The van der Waals surface area contributed by atoms with Gasteiger partial charge in [-0.2, -0.15) is 0 Å². The highest BCUT2D eigenvalue weighted by atomic mass is 79.9. The van der Waals surface area contributed by atoms with Gasteiger partial charge in [0.1, 0.15) is 29.6 Å². The zero-order valence-corrected chi connectivity index (χ0v) is 20.8. The molecular weight excluding hydrogens is 524 g/mol. The number of ether oxygens (including phenoxy) is 5. The summed E-state index contributed by atoms with van der Waals surface area (Å²) in [6, 6.07) is 12.8. The van der Waals surface area contributed by atoms with Crippen LogP contribution in [0.15, 0.2) is 52.7 Å². The van der Waals surface area contributed by atoms with Gasteiger partial charge in [0, 0.05) is 32.3 Å². The van der Waals surface area contributed by atoms with Crippen LogP contribution in [0.3, 0.4) is 0 Å². The average molecular weight is 544 g/mol. The summed E-state index contributed by atoms with van der Waals surface area (Å²) in [7, 11) is 1.58. The smallest absolute Gasteiger partial charge is 0.232 e. The first kappa shape index (κ1) is 22.8. The van der Waals surface area contributed by atoms with Crippen LogP contribution in [-0.4, -0.2) is 19.7 Å². The van der Waals surface area contributed by atoms with Crippen molar-refractivity contribution in [2.75, 3.05) is 13.9 Å². The lowest BCUT2D eigenvalue weighted by atomic mass is 10.0. The predicted octanol–water partition coefficient (Wildman–Crippen LogP) is 6.48. The second-order valence-electron chi connectivity index (χ2n) is 7.89. The normalized spacial score (nSPS) is 15.4. The Kier molecular flexibility index (Phi) is 6.25. The third kappa shape index (κ3) is 4.39. The fourth-order valence-electron chi connectivity index (χ4n) is 4.04. The minimum absolute atomic E-state index is 0.182. The number of rotatable bonds is 5. The quantitative estimate of drug-likeness (QED) is 0.343. The molecule has 3 aromatic rings. The number of carbonyl (C=O) groups excluding carboxylic acids is 1. The number of methoxy groups -OCH3 is 1. The van der Waals surface area contributed by atoms with Gasteiger partial charge in [0.25, 0.3) is 0 Å². The van der Waals surface area contributed by atoms with Gasteiger partial charge in [0.2, 0.25) is 5.78 Å². The number of benzene rings is 3. The summed E-state index contributed by atoms with van der Waals surface area (Å²) < 4.78 is 29.3. The number of ketones is 1. The van der Waals surface area contributed by atoms with E-state index in [1.165, 1.54) is 0 Å². The molecule has 3 aromatic carbocycles. The molecule has 0 atom stereocenters. The zero-order valence-electron chi connectivity index (χ0n) is 18.4. The van der Waals surface area contributed by atoms with Crippen molar-refractivity contribution in [3.8, 4) is 23.0 Å². The molecule has 2 heterocycles. The van der Waals surface area contributed by atoms with Crippen molar-refractivity contribution in [1.82, 2.24) is 0 Å². The zero-order chi connectivity index (χ0) is 23.8. The molecular formula is C26H20BrClO6. The van der Waals surface area contributed by atoms with E-state index >= 15 is 0 Å². The SMILES string of the molecule is COc1ccc(Br)cc1/C=C1\Oc2cc(OCc3cc(Cl)cc4c3OCOC4)cc(C)c2C1=O. The lowest BCUT2D eigenvalue weighted by Crippen LogP contribution is -2.14. The second kappa shape index (κ2) is 9.33. The van der Waals surface area contributed by atoms with Gasteiger partial charge >= 0.3 is 0 Å². The van der Waals surface area contributed by atoms with Crippen LogP contribution < -0.4 is 18.9 Å². The van der Waals surface area contributed by atoms with Gasteiger partial charge in [0.05, 0.1) is 19.3 Å². The average Bonchev–Trinajstić information content (AvgIpc) is 3.13. The summed E-state index contributed by atoms with van der Waals surface area (Å²) in [5.41, 5.74) is 3.72. The van der Waals surface area contributed by atoms with Crippen LogP contribution in [0.4, 0.5) is 0 Å². The van der Waals surface area contributed by atoms with E-state index in [0.717, 1.165) is 32.5 Å². The Morgan fingerprint density at radius 2 is 2.03 bits per heavy atom. The summed E-state index contributed by atoms with van der Waals surface area (Å²) in [6.07, 6.45) is 1.68. The molecule has 0 amide bonds. The number of carbonyl (C=O) groups is 1. The number of allylic oxidation sites excluding steroid dienone is 1. The topological polar surface area (TPSA) is 63.2 Å². The molecule has 0 unspecified atom stereocenters. The Labute approximate surface area is 210 Å². The largest absolute Gasteiger partial charge is 0.496 e. The van der Waals surface area contributed by atoms with E-state index in [1.807, 2.05) is 43.3 Å². The van der Waals surface area contributed by atoms with E-state index in [9.17, 15) is 4.79 Å². The first-order valence-corrected chi connectivity index (χ1v) is 11.7. The van der Waals surface area contributed by atoms with Crippen molar-refractivity contribution in [3.63, 3.8) is 0 Å². The minimum Gasteiger partial charge on any atom is -0.496 e.